The molecule has 0 saturated carbocycles. The van der Waals surface area contributed by atoms with Crippen LogP contribution in [0.5, 0.6) is 5.75 Å². The molecule has 2 aromatic rings. The lowest BCUT2D eigenvalue weighted by Crippen LogP contribution is -2.08. The van der Waals surface area contributed by atoms with Crippen LogP contribution < -0.4 is 5.84 Å². The summed E-state index contributed by atoms with van der Waals surface area (Å²) in [6.45, 7) is 1.93. The van der Waals surface area contributed by atoms with Crippen LogP contribution in [0, 0.1) is 6.92 Å². The number of nitrogens with zero attached hydrogens (tertiary/aromatic N) is 1. The molecule has 62 valence electrons. The first kappa shape index (κ1) is 7.03. The lowest BCUT2D eigenvalue weighted by atomic mass is 10.2. The number of benzene rings is 1. The van der Waals surface area contributed by atoms with Crippen LogP contribution in [-0.4, -0.2) is 9.78 Å². The van der Waals surface area contributed by atoms with Crippen molar-refractivity contribution in [1.29, 1.82) is 0 Å². The zero-order valence-corrected chi connectivity index (χ0v) is 6.78. The van der Waals surface area contributed by atoms with Crippen molar-refractivity contribution in [3.8, 4) is 5.75 Å². The summed E-state index contributed by atoms with van der Waals surface area (Å²) < 4.78 is 1.56. The van der Waals surface area contributed by atoms with Crippen molar-refractivity contribution in [2.45, 2.75) is 6.92 Å². The van der Waals surface area contributed by atoms with Crippen molar-refractivity contribution >= 4 is 10.9 Å². The van der Waals surface area contributed by atoms with E-state index in [9.17, 15) is 5.11 Å². The second-order valence-electron chi connectivity index (χ2n) is 2.90. The van der Waals surface area contributed by atoms with Crippen LogP contribution in [0.1, 0.15) is 5.69 Å². The molecule has 0 bridgehead atoms. The van der Waals surface area contributed by atoms with E-state index >= 15 is 0 Å². The van der Waals surface area contributed by atoms with Gasteiger partial charge in [-0.1, -0.05) is 0 Å². The number of rotatable bonds is 0. The number of aromatic hydroxyl groups is 1. The first-order valence-electron chi connectivity index (χ1n) is 3.74. The number of fused-ring (bicyclic) bond motifs is 1. The average molecular weight is 162 g/mol. The van der Waals surface area contributed by atoms with Gasteiger partial charge in [-0.2, -0.15) is 0 Å². The summed E-state index contributed by atoms with van der Waals surface area (Å²) in [5, 5.41) is 10.2. The average Bonchev–Trinajstić information content (AvgIpc) is 2.31. The molecular formula is C9H10N2O. The van der Waals surface area contributed by atoms with E-state index < -0.39 is 0 Å². The predicted octanol–water partition coefficient (Wildman–Crippen LogP) is 1.37. The third-order valence-electron chi connectivity index (χ3n) is 2.02. The van der Waals surface area contributed by atoms with Crippen molar-refractivity contribution in [2.75, 3.05) is 5.84 Å². The Kier molecular flexibility index (Phi) is 1.27. The standard InChI is InChI=1S/C9H10N2O/c1-6-4-7-2-3-8(12)5-9(7)11(6)10/h2-5,12H,10H2,1H3. The second kappa shape index (κ2) is 2.17. The van der Waals surface area contributed by atoms with Gasteiger partial charge >= 0.3 is 0 Å². The Labute approximate surface area is 70.0 Å². The van der Waals surface area contributed by atoms with Gasteiger partial charge in [0.05, 0.1) is 5.52 Å². The molecule has 0 fully saturated rings. The highest BCUT2D eigenvalue weighted by Gasteiger charge is 2.02. The topological polar surface area (TPSA) is 51.2 Å². The normalized spacial score (nSPS) is 10.8. The fraction of sp³-hybridized carbons (Fsp3) is 0.111. The number of nitrogens with two attached hydrogens (primary N) is 1. The Hall–Kier alpha value is -1.64. The fourth-order valence-electron chi connectivity index (χ4n) is 1.35. The molecule has 0 aliphatic rings. The van der Waals surface area contributed by atoms with Crippen LogP contribution in [0.25, 0.3) is 10.9 Å². The minimum atomic E-state index is 0.243. The van der Waals surface area contributed by atoms with Crippen LogP contribution >= 0.6 is 0 Å². The van der Waals surface area contributed by atoms with Crippen LogP contribution in [-0.2, 0) is 0 Å². The van der Waals surface area contributed by atoms with Gasteiger partial charge in [0.1, 0.15) is 5.75 Å². The fourth-order valence-corrected chi connectivity index (χ4v) is 1.35. The SMILES string of the molecule is Cc1cc2ccc(O)cc2n1N. The van der Waals surface area contributed by atoms with Crippen LogP contribution in [0.3, 0.4) is 0 Å². The smallest absolute Gasteiger partial charge is 0.117 e. The largest absolute Gasteiger partial charge is 0.508 e. The molecule has 1 aromatic carbocycles. The molecule has 0 spiro atoms. The summed E-state index contributed by atoms with van der Waals surface area (Å²) in [7, 11) is 0. The summed E-state index contributed by atoms with van der Waals surface area (Å²) in [5.74, 6) is 5.96. The van der Waals surface area contributed by atoms with E-state index in [4.69, 9.17) is 5.84 Å². The Balaban J connectivity index is 2.88. The monoisotopic (exact) mass is 162 g/mol. The highest BCUT2D eigenvalue weighted by molar-refractivity contribution is 5.82. The zero-order valence-electron chi connectivity index (χ0n) is 6.78. The molecule has 12 heavy (non-hydrogen) atoms. The summed E-state index contributed by atoms with van der Waals surface area (Å²) in [5.41, 5.74) is 1.84. The van der Waals surface area contributed by atoms with E-state index in [1.165, 1.54) is 0 Å². The van der Waals surface area contributed by atoms with Gasteiger partial charge < -0.3 is 10.9 Å². The number of phenols is 1. The summed E-state index contributed by atoms with van der Waals surface area (Å²) >= 11 is 0. The Bertz CT molecular complexity index is 431. The third kappa shape index (κ3) is 0.830. The molecule has 0 unspecified atom stereocenters. The molecule has 3 heteroatoms. The molecule has 3 N–H and O–H groups in total. The van der Waals surface area contributed by atoms with E-state index in [1.54, 1.807) is 16.8 Å². The Morgan fingerprint density at radius 2 is 2.08 bits per heavy atom. The van der Waals surface area contributed by atoms with E-state index in [1.807, 2.05) is 19.1 Å². The second-order valence-corrected chi connectivity index (χ2v) is 2.90. The third-order valence-corrected chi connectivity index (χ3v) is 2.02. The lowest BCUT2D eigenvalue weighted by molar-refractivity contribution is 0.476. The molecule has 0 atom stereocenters. The van der Waals surface area contributed by atoms with E-state index in [0.717, 1.165) is 16.6 Å². The van der Waals surface area contributed by atoms with Gasteiger partial charge in [0.15, 0.2) is 0 Å². The predicted molar refractivity (Wildman–Crippen MR) is 48.5 cm³/mol. The van der Waals surface area contributed by atoms with Gasteiger partial charge in [0.2, 0.25) is 0 Å². The lowest BCUT2D eigenvalue weighted by Gasteiger charge is -1.98. The van der Waals surface area contributed by atoms with Gasteiger partial charge in [0, 0.05) is 17.1 Å². The maximum absolute atomic E-state index is 9.20. The van der Waals surface area contributed by atoms with Crippen molar-refractivity contribution < 1.29 is 5.11 Å². The van der Waals surface area contributed by atoms with Gasteiger partial charge in [-0.25, -0.2) is 0 Å². The number of aryl methyl sites for hydroxylation is 1. The van der Waals surface area contributed by atoms with Crippen molar-refractivity contribution in [3.63, 3.8) is 0 Å². The minimum Gasteiger partial charge on any atom is -0.508 e. The first-order chi connectivity index (χ1) is 5.68. The molecule has 0 aliphatic carbocycles. The number of aromatic nitrogens is 1. The van der Waals surface area contributed by atoms with Crippen LogP contribution in [0.4, 0.5) is 0 Å². The highest BCUT2D eigenvalue weighted by Crippen LogP contribution is 2.21. The molecule has 3 nitrogen and oxygen atoms in total. The summed E-state index contributed by atoms with van der Waals surface area (Å²) in [6.07, 6.45) is 0. The van der Waals surface area contributed by atoms with Gasteiger partial charge in [-0.3, -0.25) is 4.68 Å². The quantitative estimate of drug-likeness (QED) is 0.575. The molecule has 1 aromatic heterocycles. The van der Waals surface area contributed by atoms with E-state index in [2.05, 4.69) is 0 Å². The molecular weight excluding hydrogens is 152 g/mol. The molecule has 0 saturated heterocycles. The zero-order chi connectivity index (χ0) is 8.72. The molecule has 0 aliphatic heterocycles. The van der Waals surface area contributed by atoms with Crippen molar-refractivity contribution in [2.24, 2.45) is 0 Å². The molecule has 2 rings (SSSR count). The van der Waals surface area contributed by atoms with Gasteiger partial charge in [-0.15, -0.1) is 0 Å². The number of hydrogen-bond donors (Lipinski definition) is 2. The van der Waals surface area contributed by atoms with E-state index in [-0.39, 0.29) is 5.75 Å². The molecule has 0 amide bonds. The Morgan fingerprint density at radius 3 is 2.83 bits per heavy atom. The Morgan fingerprint density at radius 1 is 1.33 bits per heavy atom. The van der Waals surface area contributed by atoms with E-state index in [0.29, 0.717) is 0 Å². The minimum absolute atomic E-state index is 0.243. The van der Waals surface area contributed by atoms with Crippen LogP contribution in [0.2, 0.25) is 0 Å². The number of nitrogen functional groups attached to an aromatic ring is 1. The maximum atomic E-state index is 9.20. The first-order valence-corrected chi connectivity index (χ1v) is 3.74. The summed E-state index contributed by atoms with van der Waals surface area (Å²) in [6, 6.07) is 7.14. The molecule has 0 radical (unpaired) electrons. The van der Waals surface area contributed by atoms with Crippen molar-refractivity contribution in [1.82, 2.24) is 4.68 Å². The van der Waals surface area contributed by atoms with Gasteiger partial charge in [-0.05, 0) is 25.1 Å². The molecule has 1 heterocycles. The van der Waals surface area contributed by atoms with Crippen LogP contribution in [0.15, 0.2) is 24.3 Å². The van der Waals surface area contributed by atoms with Crippen molar-refractivity contribution in [3.05, 3.63) is 30.0 Å². The van der Waals surface area contributed by atoms with Gasteiger partial charge in [0.25, 0.3) is 0 Å². The maximum Gasteiger partial charge on any atom is 0.117 e. The number of hydrogen-bond acceptors (Lipinski definition) is 2. The summed E-state index contributed by atoms with van der Waals surface area (Å²) in [4.78, 5) is 0. The highest BCUT2D eigenvalue weighted by atomic mass is 16.3. The number of phenolic OH excluding ortho intramolecular Hbond substituents is 1.